The lowest BCUT2D eigenvalue weighted by Gasteiger charge is -2.14. The molecule has 0 bridgehead atoms. The van der Waals surface area contributed by atoms with E-state index in [-0.39, 0.29) is 5.76 Å². The van der Waals surface area contributed by atoms with Gasteiger partial charge in [-0.2, -0.15) is 0 Å². The summed E-state index contributed by atoms with van der Waals surface area (Å²) in [5.74, 6) is -0.980. The largest absolute Gasteiger partial charge is 0.475 e. The van der Waals surface area contributed by atoms with Crippen LogP contribution in [0.1, 0.15) is 34.5 Å². The molecule has 1 N–H and O–H groups in total. The van der Waals surface area contributed by atoms with E-state index in [9.17, 15) is 4.79 Å². The summed E-state index contributed by atoms with van der Waals surface area (Å²) in [5.41, 5.74) is 3.35. The summed E-state index contributed by atoms with van der Waals surface area (Å²) in [6, 6.07) is 5.67. The number of carbonyl (C=O) groups is 1. The second-order valence-electron chi connectivity index (χ2n) is 4.28. The summed E-state index contributed by atoms with van der Waals surface area (Å²) in [4.78, 5) is 10.8. The predicted molar refractivity (Wildman–Crippen MR) is 59.8 cm³/mol. The van der Waals surface area contributed by atoms with E-state index in [4.69, 9.17) is 9.52 Å². The van der Waals surface area contributed by atoms with Gasteiger partial charge in [-0.25, -0.2) is 4.79 Å². The molecule has 0 atom stereocenters. The smallest absolute Gasteiger partial charge is 0.371 e. The average molecular weight is 216 g/mol. The first-order valence-electron chi connectivity index (χ1n) is 5.53. The molecule has 0 fully saturated rings. The van der Waals surface area contributed by atoms with E-state index >= 15 is 0 Å². The van der Waals surface area contributed by atoms with Crippen LogP contribution in [0.15, 0.2) is 22.6 Å². The minimum atomic E-state index is -1.01. The Bertz CT molecular complexity index is 523. The molecule has 3 nitrogen and oxygen atoms in total. The first kappa shape index (κ1) is 9.46. The Balaban J connectivity index is 2.20. The summed E-state index contributed by atoms with van der Waals surface area (Å²) >= 11 is 0. The van der Waals surface area contributed by atoms with Crippen LogP contribution < -0.4 is 0 Å². The van der Waals surface area contributed by atoms with Gasteiger partial charge in [0.15, 0.2) is 0 Å². The van der Waals surface area contributed by atoms with Crippen LogP contribution in [0.3, 0.4) is 0 Å². The summed E-state index contributed by atoms with van der Waals surface area (Å²) in [7, 11) is 0. The number of carboxylic acid groups (broad SMARTS) is 1. The molecule has 0 radical (unpaired) electrons. The summed E-state index contributed by atoms with van der Waals surface area (Å²) < 4.78 is 5.30. The van der Waals surface area contributed by atoms with Gasteiger partial charge in [-0.1, -0.05) is 0 Å². The molecule has 0 aliphatic heterocycles. The molecule has 3 heteroatoms. The molecule has 0 amide bonds. The maximum Gasteiger partial charge on any atom is 0.371 e. The van der Waals surface area contributed by atoms with Gasteiger partial charge in [0.25, 0.3) is 0 Å². The number of hydrogen-bond donors (Lipinski definition) is 1. The Labute approximate surface area is 92.7 Å². The lowest BCUT2D eigenvalue weighted by atomic mass is 9.91. The van der Waals surface area contributed by atoms with Crippen molar-refractivity contribution < 1.29 is 14.3 Å². The fraction of sp³-hybridized carbons (Fsp3) is 0.308. The van der Waals surface area contributed by atoms with E-state index in [2.05, 4.69) is 6.07 Å². The van der Waals surface area contributed by atoms with Gasteiger partial charge >= 0.3 is 5.97 Å². The van der Waals surface area contributed by atoms with E-state index in [1.165, 1.54) is 24.0 Å². The number of aryl methyl sites for hydroxylation is 2. The summed E-state index contributed by atoms with van der Waals surface area (Å²) in [5, 5.41) is 9.76. The Morgan fingerprint density at radius 2 is 1.81 bits per heavy atom. The van der Waals surface area contributed by atoms with Crippen LogP contribution in [0.25, 0.3) is 11.0 Å². The summed E-state index contributed by atoms with van der Waals surface area (Å²) in [6.45, 7) is 0. The fourth-order valence-corrected chi connectivity index (χ4v) is 2.38. The van der Waals surface area contributed by atoms with Gasteiger partial charge in [0.05, 0.1) is 0 Å². The van der Waals surface area contributed by atoms with Gasteiger partial charge in [0, 0.05) is 5.39 Å². The number of carboxylic acids is 1. The van der Waals surface area contributed by atoms with E-state index in [1.807, 2.05) is 6.07 Å². The third-order valence-electron chi connectivity index (χ3n) is 3.19. The lowest BCUT2D eigenvalue weighted by molar-refractivity contribution is 0.0665. The molecule has 0 saturated heterocycles. The zero-order valence-electron chi connectivity index (χ0n) is 8.82. The zero-order chi connectivity index (χ0) is 11.1. The standard InChI is InChI=1S/C13H12O3/c14-13(15)12-7-10-5-8-3-1-2-4-9(8)6-11(10)16-12/h5-7H,1-4H2,(H,14,15). The Morgan fingerprint density at radius 1 is 1.12 bits per heavy atom. The number of benzene rings is 1. The molecular formula is C13H12O3. The highest BCUT2D eigenvalue weighted by atomic mass is 16.4. The highest BCUT2D eigenvalue weighted by Gasteiger charge is 2.15. The molecule has 3 rings (SSSR count). The molecule has 0 unspecified atom stereocenters. The molecule has 0 saturated carbocycles. The van der Waals surface area contributed by atoms with Crippen molar-refractivity contribution in [3.8, 4) is 0 Å². The quantitative estimate of drug-likeness (QED) is 0.797. The van der Waals surface area contributed by atoms with E-state index in [0.717, 1.165) is 18.2 Å². The van der Waals surface area contributed by atoms with Crippen molar-refractivity contribution in [3.63, 3.8) is 0 Å². The number of furan rings is 1. The highest BCUT2D eigenvalue weighted by molar-refractivity contribution is 5.91. The van der Waals surface area contributed by atoms with Gasteiger partial charge in [-0.15, -0.1) is 0 Å². The van der Waals surface area contributed by atoms with E-state index in [0.29, 0.717) is 5.58 Å². The van der Waals surface area contributed by atoms with E-state index < -0.39 is 5.97 Å². The van der Waals surface area contributed by atoms with Gasteiger partial charge in [0.1, 0.15) is 5.58 Å². The van der Waals surface area contributed by atoms with Crippen LogP contribution in [0.4, 0.5) is 0 Å². The second kappa shape index (κ2) is 3.37. The number of aromatic carboxylic acids is 1. The Morgan fingerprint density at radius 3 is 2.50 bits per heavy atom. The first-order chi connectivity index (χ1) is 7.74. The third kappa shape index (κ3) is 1.40. The number of hydrogen-bond acceptors (Lipinski definition) is 2. The molecule has 82 valence electrons. The van der Waals surface area contributed by atoms with Crippen molar-refractivity contribution in [1.29, 1.82) is 0 Å². The second-order valence-corrected chi connectivity index (χ2v) is 4.28. The molecule has 1 aromatic carbocycles. The SMILES string of the molecule is O=C(O)c1cc2cc3c(cc2o1)CCCC3. The molecule has 1 aliphatic carbocycles. The average Bonchev–Trinajstić information content (AvgIpc) is 2.68. The normalized spacial score (nSPS) is 15.0. The Kier molecular flexibility index (Phi) is 1.99. The maximum atomic E-state index is 10.8. The fourth-order valence-electron chi connectivity index (χ4n) is 2.38. The molecule has 1 heterocycles. The first-order valence-corrected chi connectivity index (χ1v) is 5.53. The van der Waals surface area contributed by atoms with Crippen molar-refractivity contribution in [1.82, 2.24) is 0 Å². The van der Waals surface area contributed by atoms with Crippen molar-refractivity contribution in [2.75, 3.05) is 0 Å². The minimum Gasteiger partial charge on any atom is -0.475 e. The van der Waals surface area contributed by atoms with Crippen LogP contribution >= 0.6 is 0 Å². The lowest BCUT2D eigenvalue weighted by Crippen LogP contribution is -2.01. The molecule has 1 aromatic heterocycles. The van der Waals surface area contributed by atoms with Crippen LogP contribution in [0, 0.1) is 0 Å². The molecular weight excluding hydrogens is 204 g/mol. The molecule has 0 spiro atoms. The van der Waals surface area contributed by atoms with Crippen LogP contribution in [0.5, 0.6) is 0 Å². The van der Waals surface area contributed by atoms with Crippen LogP contribution in [-0.2, 0) is 12.8 Å². The number of rotatable bonds is 1. The number of fused-ring (bicyclic) bond motifs is 2. The zero-order valence-corrected chi connectivity index (χ0v) is 8.82. The minimum absolute atomic E-state index is 0.0253. The van der Waals surface area contributed by atoms with Gasteiger partial charge in [-0.3, -0.25) is 0 Å². The van der Waals surface area contributed by atoms with Crippen molar-refractivity contribution in [2.45, 2.75) is 25.7 Å². The van der Waals surface area contributed by atoms with Crippen LogP contribution in [0.2, 0.25) is 0 Å². The van der Waals surface area contributed by atoms with Crippen LogP contribution in [-0.4, -0.2) is 11.1 Å². The summed E-state index contributed by atoms with van der Waals surface area (Å²) in [6.07, 6.45) is 4.61. The molecule has 2 aromatic rings. The molecule has 1 aliphatic rings. The monoisotopic (exact) mass is 216 g/mol. The topological polar surface area (TPSA) is 50.4 Å². The van der Waals surface area contributed by atoms with Gasteiger partial charge in [0.2, 0.25) is 5.76 Å². The molecule has 16 heavy (non-hydrogen) atoms. The third-order valence-corrected chi connectivity index (χ3v) is 3.19. The highest BCUT2D eigenvalue weighted by Crippen LogP contribution is 2.28. The van der Waals surface area contributed by atoms with Crippen molar-refractivity contribution in [3.05, 3.63) is 35.1 Å². The van der Waals surface area contributed by atoms with E-state index in [1.54, 1.807) is 6.07 Å². The maximum absolute atomic E-state index is 10.8. The van der Waals surface area contributed by atoms with Gasteiger partial charge in [-0.05, 0) is 55.0 Å². The van der Waals surface area contributed by atoms with Crippen molar-refractivity contribution in [2.24, 2.45) is 0 Å². The predicted octanol–water partition coefficient (Wildman–Crippen LogP) is 3.01. The van der Waals surface area contributed by atoms with Gasteiger partial charge < -0.3 is 9.52 Å². The van der Waals surface area contributed by atoms with Crippen molar-refractivity contribution >= 4 is 16.9 Å². The Hall–Kier alpha value is -1.77.